The van der Waals surface area contributed by atoms with Crippen LogP contribution < -0.4 is 0 Å². The molecular weight excluding hydrogens is 1260 g/mol. The van der Waals surface area contributed by atoms with E-state index < -0.39 is 97.5 Å². The van der Waals surface area contributed by atoms with Crippen LogP contribution in [0.5, 0.6) is 0 Å². The van der Waals surface area contributed by atoms with Gasteiger partial charge in [-0.05, 0) is 49.4 Å². The second-order valence-corrected chi connectivity index (χ2v) is 32.1. The predicted octanol–water partition coefficient (Wildman–Crippen LogP) is 22.4. The molecule has 0 saturated carbocycles. The minimum Gasteiger partial charge on any atom is -0.462 e. The fourth-order valence-corrected chi connectivity index (χ4v) is 13.2. The third-order valence-corrected chi connectivity index (χ3v) is 20.4. The van der Waals surface area contributed by atoms with E-state index in [-0.39, 0.29) is 25.7 Å². The monoisotopic (exact) mass is 1410 g/mol. The molecule has 0 fully saturated rings. The number of esters is 4. The summed E-state index contributed by atoms with van der Waals surface area (Å²) in [5.74, 6) is 1.00. The third-order valence-electron chi connectivity index (χ3n) is 18.5. The molecule has 0 amide bonds. The summed E-state index contributed by atoms with van der Waals surface area (Å²) in [5, 5.41) is 10.6. The molecule has 7 atom stereocenters. The molecule has 19 heteroatoms. The summed E-state index contributed by atoms with van der Waals surface area (Å²) in [6.07, 6.45) is 51.2. The highest BCUT2D eigenvalue weighted by atomic mass is 31.2. The number of hydrogen-bond donors (Lipinski definition) is 3. The van der Waals surface area contributed by atoms with Crippen molar-refractivity contribution in [3.05, 3.63) is 0 Å². The highest BCUT2D eigenvalue weighted by molar-refractivity contribution is 7.47. The van der Waals surface area contributed by atoms with Gasteiger partial charge in [0.05, 0.1) is 26.4 Å². The Kier molecular flexibility index (Phi) is 65.0. The zero-order valence-corrected chi connectivity index (χ0v) is 64.8. The summed E-state index contributed by atoms with van der Waals surface area (Å²) in [6.45, 7) is 14.2. The number of phosphoric ester groups is 2. The van der Waals surface area contributed by atoms with Crippen LogP contribution in [-0.2, 0) is 65.4 Å². The summed E-state index contributed by atoms with van der Waals surface area (Å²) >= 11 is 0. The Morgan fingerprint density at radius 3 is 0.740 bits per heavy atom. The number of ether oxygens (including phenoxy) is 4. The molecule has 0 aromatic heterocycles. The number of aliphatic hydroxyl groups is 1. The van der Waals surface area contributed by atoms with Crippen molar-refractivity contribution in [1.29, 1.82) is 0 Å². The lowest BCUT2D eigenvalue weighted by molar-refractivity contribution is -0.161. The zero-order valence-electron chi connectivity index (χ0n) is 63.0. The van der Waals surface area contributed by atoms with Gasteiger partial charge in [0.2, 0.25) is 0 Å². The number of hydrogen-bond acceptors (Lipinski definition) is 15. The minimum atomic E-state index is -4.96. The molecule has 17 nitrogen and oxygen atoms in total. The Balaban J connectivity index is 5.26. The molecule has 0 aliphatic carbocycles. The van der Waals surface area contributed by atoms with Crippen LogP contribution in [0.1, 0.15) is 389 Å². The van der Waals surface area contributed by atoms with Crippen molar-refractivity contribution in [1.82, 2.24) is 0 Å². The molecule has 0 aliphatic heterocycles. The van der Waals surface area contributed by atoms with Gasteiger partial charge in [-0.15, -0.1) is 0 Å². The molecular formula is C77H150O17P2. The molecule has 0 spiro atoms. The first kappa shape index (κ1) is 94.1. The number of carbonyl (C=O) groups excluding carboxylic acids is 4. The van der Waals surface area contributed by atoms with Crippen molar-refractivity contribution in [2.24, 2.45) is 23.7 Å². The minimum absolute atomic E-state index is 0.104. The Morgan fingerprint density at radius 1 is 0.292 bits per heavy atom. The van der Waals surface area contributed by atoms with E-state index in [0.717, 1.165) is 114 Å². The largest absolute Gasteiger partial charge is 0.472 e. The van der Waals surface area contributed by atoms with Crippen molar-refractivity contribution >= 4 is 39.5 Å². The molecule has 0 heterocycles. The van der Waals surface area contributed by atoms with E-state index in [1.165, 1.54) is 193 Å². The molecule has 0 aromatic rings. The van der Waals surface area contributed by atoms with E-state index in [1.807, 2.05) is 0 Å². The maximum Gasteiger partial charge on any atom is 0.472 e. The molecule has 0 aromatic carbocycles. The van der Waals surface area contributed by atoms with Crippen molar-refractivity contribution in [2.75, 3.05) is 39.6 Å². The molecule has 3 N–H and O–H groups in total. The number of aliphatic hydroxyl groups excluding tert-OH is 1. The molecule has 0 aliphatic rings. The lowest BCUT2D eigenvalue weighted by atomic mass is 9.99. The van der Waals surface area contributed by atoms with Gasteiger partial charge >= 0.3 is 39.5 Å². The van der Waals surface area contributed by atoms with Gasteiger partial charge in [-0.1, -0.05) is 338 Å². The van der Waals surface area contributed by atoms with E-state index in [4.69, 9.17) is 37.0 Å². The van der Waals surface area contributed by atoms with Gasteiger partial charge in [-0.3, -0.25) is 37.3 Å². The van der Waals surface area contributed by atoms with Crippen LogP contribution in [-0.4, -0.2) is 96.7 Å². The van der Waals surface area contributed by atoms with E-state index in [0.29, 0.717) is 25.7 Å². The SMILES string of the molecule is CCC(C)CCCCCCCCCCCCCCCCC(=O)O[C@H](COC(=O)CCCCCCCCCCCCCCC(C)C)COP(=O)(O)OCC(O)COP(=O)(O)OC[C@@H](COC(=O)CCCCCCCCCCC(C)C)OC(=O)CCCCCCCCCCC(C)CC. The summed E-state index contributed by atoms with van der Waals surface area (Å²) in [4.78, 5) is 72.9. The molecule has 0 bridgehead atoms. The molecule has 0 radical (unpaired) electrons. The Labute approximate surface area is 588 Å². The van der Waals surface area contributed by atoms with Crippen LogP contribution in [0.2, 0.25) is 0 Å². The molecule has 570 valence electrons. The van der Waals surface area contributed by atoms with Crippen molar-refractivity contribution in [3.63, 3.8) is 0 Å². The summed E-state index contributed by atoms with van der Waals surface area (Å²) < 4.78 is 68.6. The van der Waals surface area contributed by atoms with Crippen LogP contribution >= 0.6 is 15.6 Å². The fourth-order valence-electron chi connectivity index (χ4n) is 11.7. The van der Waals surface area contributed by atoms with Crippen molar-refractivity contribution < 1.29 is 80.2 Å². The lowest BCUT2D eigenvalue weighted by Crippen LogP contribution is -2.30. The average Bonchev–Trinajstić information content (AvgIpc) is 1.19. The van der Waals surface area contributed by atoms with Crippen LogP contribution in [0.15, 0.2) is 0 Å². The van der Waals surface area contributed by atoms with Crippen LogP contribution in [0, 0.1) is 23.7 Å². The molecule has 0 rings (SSSR count). The maximum absolute atomic E-state index is 13.1. The highest BCUT2D eigenvalue weighted by Crippen LogP contribution is 2.45. The number of rotatable bonds is 74. The second-order valence-electron chi connectivity index (χ2n) is 29.2. The van der Waals surface area contributed by atoms with Crippen molar-refractivity contribution in [3.8, 4) is 0 Å². The predicted molar refractivity (Wildman–Crippen MR) is 391 cm³/mol. The van der Waals surface area contributed by atoms with Gasteiger partial charge in [0.25, 0.3) is 0 Å². The van der Waals surface area contributed by atoms with Crippen LogP contribution in [0.3, 0.4) is 0 Å². The first-order valence-electron chi connectivity index (χ1n) is 39.8. The number of phosphoric acid groups is 2. The third kappa shape index (κ3) is 67.9. The fraction of sp³-hybridized carbons (Fsp3) is 0.948. The van der Waals surface area contributed by atoms with Gasteiger partial charge in [0.1, 0.15) is 19.3 Å². The topological polar surface area (TPSA) is 237 Å². The van der Waals surface area contributed by atoms with Crippen LogP contribution in [0.4, 0.5) is 0 Å². The normalized spacial score (nSPS) is 14.7. The van der Waals surface area contributed by atoms with Crippen LogP contribution in [0.25, 0.3) is 0 Å². The average molecular weight is 1410 g/mol. The highest BCUT2D eigenvalue weighted by Gasteiger charge is 2.30. The first-order chi connectivity index (χ1) is 46.2. The molecule has 0 saturated heterocycles. The van der Waals surface area contributed by atoms with Gasteiger partial charge in [0, 0.05) is 25.7 Å². The standard InChI is InChI=1S/C77H150O17P2/c1-9-69(7)55-47-39-31-22-18-13-11-12-14-20-24-35-43-51-59-76(81)93-72(63-87-74(79)57-49-41-33-23-19-16-15-17-21-29-37-45-53-67(3)4)65-91-95(83,84)89-61-71(78)62-90-96(85,86)92-66-73(64-88-75(80)58-50-42-34-27-25-30-38-46-54-68(5)6)94-77(82)60-52-44-36-28-26-32-40-48-56-70(8)10-2/h67-73,78H,9-66H2,1-8H3,(H,83,84)(H,85,86)/t69?,70?,71?,72-,73-/m1/s1. The quantitative estimate of drug-likeness (QED) is 0.0222. The van der Waals surface area contributed by atoms with Gasteiger partial charge in [0.15, 0.2) is 12.2 Å². The molecule has 96 heavy (non-hydrogen) atoms. The Hall–Kier alpha value is -1.94. The van der Waals surface area contributed by atoms with Gasteiger partial charge in [-0.25, -0.2) is 9.13 Å². The maximum atomic E-state index is 13.1. The lowest BCUT2D eigenvalue weighted by Gasteiger charge is -2.21. The van der Waals surface area contributed by atoms with E-state index in [2.05, 4.69) is 55.4 Å². The summed E-state index contributed by atoms with van der Waals surface area (Å²) in [7, 11) is -9.92. The van der Waals surface area contributed by atoms with Gasteiger partial charge in [-0.2, -0.15) is 0 Å². The van der Waals surface area contributed by atoms with E-state index in [9.17, 15) is 43.2 Å². The Morgan fingerprint density at radius 2 is 0.500 bits per heavy atom. The van der Waals surface area contributed by atoms with E-state index in [1.54, 1.807) is 0 Å². The summed E-state index contributed by atoms with van der Waals surface area (Å²) in [5.41, 5.74) is 0. The van der Waals surface area contributed by atoms with Gasteiger partial charge < -0.3 is 33.8 Å². The summed E-state index contributed by atoms with van der Waals surface area (Å²) in [6, 6.07) is 0. The zero-order chi connectivity index (χ0) is 71.0. The second kappa shape index (κ2) is 66.3. The number of unbranched alkanes of at least 4 members (excludes halogenated alkanes) is 38. The number of carbonyl (C=O) groups is 4. The first-order valence-corrected chi connectivity index (χ1v) is 42.8. The van der Waals surface area contributed by atoms with E-state index >= 15 is 0 Å². The molecule has 5 unspecified atom stereocenters. The van der Waals surface area contributed by atoms with Crippen molar-refractivity contribution in [2.45, 2.75) is 408 Å². The Bertz CT molecular complexity index is 1890. The smallest absolute Gasteiger partial charge is 0.462 e.